The largest absolute Gasteiger partial charge is 0.490 e. The Morgan fingerprint density at radius 1 is 1.00 bits per heavy atom. The highest BCUT2D eigenvalue weighted by molar-refractivity contribution is 9.10. The smallest absolute Gasteiger partial charge is 0.339 e. The quantitative estimate of drug-likeness (QED) is 0.149. The molecule has 1 aliphatic heterocycles. The van der Waals surface area contributed by atoms with Crippen molar-refractivity contribution in [2.24, 2.45) is 0 Å². The molecule has 1 aliphatic rings. The van der Waals surface area contributed by atoms with Crippen LogP contribution in [0.25, 0.3) is 16.8 Å². The monoisotopic (exact) mass is 680 g/mol. The molecular formula is C31H25BrN2O7S2. The topological polar surface area (TPSA) is 119 Å². The SMILES string of the molecule is CCOc1cc(/C=C2\SC(=O)N(Cc3ccc4ccccc4c3)C2=O)cc(Br)c1OS(=O)(=O)c1ccc(NC(C)=O)cc1. The van der Waals surface area contributed by atoms with Crippen molar-refractivity contribution in [1.29, 1.82) is 0 Å². The van der Waals surface area contributed by atoms with Crippen LogP contribution < -0.4 is 14.2 Å². The van der Waals surface area contributed by atoms with Crippen LogP contribution in [0, 0.1) is 0 Å². The summed E-state index contributed by atoms with van der Waals surface area (Å²) in [5.74, 6) is -0.666. The lowest BCUT2D eigenvalue weighted by Crippen LogP contribution is -2.27. The van der Waals surface area contributed by atoms with Gasteiger partial charge in [-0.1, -0.05) is 36.4 Å². The molecule has 0 saturated carbocycles. The van der Waals surface area contributed by atoms with Crippen molar-refractivity contribution in [2.45, 2.75) is 25.3 Å². The van der Waals surface area contributed by atoms with E-state index in [4.69, 9.17) is 8.92 Å². The molecule has 43 heavy (non-hydrogen) atoms. The van der Waals surface area contributed by atoms with E-state index < -0.39 is 16.0 Å². The van der Waals surface area contributed by atoms with Crippen molar-refractivity contribution < 1.29 is 31.7 Å². The Hall–Kier alpha value is -4.13. The van der Waals surface area contributed by atoms with E-state index in [1.165, 1.54) is 42.2 Å². The Kier molecular flexibility index (Phi) is 8.90. The fraction of sp³-hybridized carbons (Fsp3) is 0.129. The Balaban J connectivity index is 1.38. The number of hydrogen-bond donors (Lipinski definition) is 1. The number of ether oxygens (including phenoxy) is 1. The van der Waals surface area contributed by atoms with Crippen LogP contribution in [0.5, 0.6) is 11.5 Å². The highest BCUT2D eigenvalue weighted by Gasteiger charge is 2.35. The Bertz CT molecular complexity index is 1890. The standard InChI is InChI=1S/C31H25BrN2O7S2/c1-3-40-27-16-21(15-26(32)29(27)41-43(38,39)25-12-10-24(11-13-25)33-19(2)35)17-28-30(36)34(31(37)42-28)18-20-8-9-22-6-4-5-7-23(22)14-20/h4-17H,3,18H2,1-2H3,(H,33,35)/b28-17-. The molecule has 0 aromatic heterocycles. The van der Waals surface area contributed by atoms with Crippen LogP contribution in [0.15, 0.2) is 93.1 Å². The summed E-state index contributed by atoms with van der Waals surface area (Å²) in [5.41, 5.74) is 1.76. The summed E-state index contributed by atoms with van der Waals surface area (Å²) in [5, 5.41) is 4.27. The Labute approximate surface area is 261 Å². The number of thioether (sulfide) groups is 1. The van der Waals surface area contributed by atoms with Crippen LogP contribution in [0.1, 0.15) is 25.0 Å². The van der Waals surface area contributed by atoms with Crippen molar-refractivity contribution in [3.8, 4) is 11.5 Å². The lowest BCUT2D eigenvalue weighted by molar-refractivity contribution is -0.123. The molecule has 0 spiro atoms. The minimum atomic E-state index is -4.27. The second-order valence-electron chi connectivity index (χ2n) is 9.46. The van der Waals surface area contributed by atoms with Gasteiger partial charge in [-0.15, -0.1) is 0 Å². The molecule has 4 aromatic rings. The van der Waals surface area contributed by atoms with Gasteiger partial charge < -0.3 is 14.2 Å². The predicted molar refractivity (Wildman–Crippen MR) is 169 cm³/mol. The lowest BCUT2D eigenvalue weighted by atomic mass is 10.1. The van der Waals surface area contributed by atoms with Gasteiger partial charge in [-0.2, -0.15) is 8.42 Å². The number of hydrogen-bond acceptors (Lipinski definition) is 8. The van der Waals surface area contributed by atoms with Gasteiger partial charge in [-0.25, -0.2) is 0 Å². The minimum Gasteiger partial charge on any atom is -0.490 e. The summed E-state index contributed by atoms with van der Waals surface area (Å²) in [6.45, 7) is 3.43. The van der Waals surface area contributed by atoms with Gasteiger partial charge in [0.25, 0.3) is 11.1 Å². The van der Waals surface area contributed by atoms with Crippen LogP contribution in [-0.4, -0.2) is 37.0 Å². The van der Waals surface area contributed by atoms with Gasteiger partial charge in [0.05, 0.1) is 22.5 Å². The predicted octanol–water partition coefficient (Wildman–Crippen LogP) is 6.96. The van der Waals surface area contributed by atoms with E-state index in [-0.39, 0.29) is 50.1 Å². The van der Waals surface area contributed by atoms with E-state index in [1.54, 1.807) is 19.1 Å². The molecule has 0 atom stereocenters. The van der Waals surface area contributed by atoms with E-state index in [0.717, 1.165) is 28.1 Å². The Morgan fingerprint density at radius 2 is 1.72 bits per heavy atom. The highest BCUT2D eigenvalue weighted by atomic mass is 79.9. The minimum absolute atomic E-state index is 0.0747. The third-order valence-corrected chi connectivity index (χ3v) is 9.05. The van der Waals surface area contributed by atoms with Crippen molar-refractivity contribution in [2.75, 3.05) is 11.9 Å². The number of imide groups is 1. The third-order valence-electron chi connectivity index (χ3n) is 6.31. The van der Waals surface area contributed by atoms with Gasteiger partial charge in [0.15, 0.2) is 11.5 Å². The first-order valence-electron chi connectivity index (χ1n) is 13.1. The normalized spacial score (nSPS) is 14.4. The Morgan fingerprint density at radius 3 is 2.42 bits per heavy atom. The van der Waals surface area contributed by atoms with Crippen LogP contribution in [-0.2, 0) is 26.3 Å². The molecule has 1 fully saturated rings. The number of nitrogens with zero attached hydrogens (tertiary/aromatic N) is 1. The molecule has 1 saturated heterocycles. The number of halogens is 1. The van der Waals surface area contributed by atoms with Crippen LogP contribution >= 0.6 is 27.7 Å². The van der Waals surface area contributed by atoms with Gasteiger partial charge in [0.1, 0.15) is 4.90 Å². The van der Waals surface area contributed by atoms with E-state index in [0.29, 0.717) is 11.3 Å². The molecule has 1 heterocycles. The van der Waals surface area contributed by atoms with Gasteiger partial charge in [0.2, 0.25) is 5.91 Å². The average Bonchev–Trinajstić information content (AvgIpc) is 3.22. The number of fused-ring (bicyclic) bond motifs is 1. The van der Waals surface area contributed by atoms with Gasteiger partial charge in [-0.05, 0) is 105 Å². The molecular weight excluding hydrogens is 656 g/mol. The van der Waals surface area contributed by atoms with Crippen LogP contribution in [0.2, 0.25) is 0 Å². The third kappa shape index (κ3) is 6.93. The molecule has 220 valence electrons. The lowest BCUT2D eigenvalue weighted by Gasteiger charge is -2.15. The average molecular weight is 682 g/mol. The molecule has 0 radical (unpaired) electrons. The first kappa shape index (κ1) is 30.3. The fourth-order valence-corrected chi connectivity index (χ4v) is 6.83. The summed E-state index contributed by atoms with van der Waals surface area (Å²) in [6.07, 6.45) is 1.55. The second-order valence-corrected chi connectivity index (χ2v) is 12.8. The first-order valence-corrected chi connectivity index (χ1v) is 16.1. The molecule has 9 nitrogen and oxygen atoms in total. The number of rotatable bonds is 9. The molecule has 3 amide bonds. The maximum absolute atomic E-state index is 13.2. The number of amides is 3. The summed E-state index contributed by atoms with van der Waals surface area (Å²) in [6, 6.07) is 22.3. The van der Waals surface area contributed by atoms with E-state index in [2.05, 4.69) is 21.2 Å². The molecule has 0 aliphatic carbocycles. The fourth-order valence-electron chi connectivity index (χ4n) is 4.39. The summed E-state index contributed by atoms with van der Waals surface area (Å²) in [7, 11) is -4.27. The zero-order valence-corrected chi connectivity index (χ0v) is 26.2. The highest BCUT2D eigenvalue weighted by Crippen LogP contribution is 2.41. The molecule has 12 heteroatoms. The number of anilines is 1. The van der Waals surface area contributed by atoms with Crippen molar-refractivity contribution in [3.05, 3.63) is 99.4 Å². The van der Waals surface area contributed by atoms with Gasteiger partial charge in [-0.3, -0.25) is 19.3 Å². The number of carbonyl (C=O) groups is 3. The maximum atomic E-state index is 13.2. The molecule has 1 N–H and O–H groups in total. The van der Waals surface area contributed by atoms with Gasteiger partial charge in [0, 0.05) is 12.6 Å². The van der Waals surface area contributed by atoms with E-state index in [9.17, 15) is 22.8 Å². The summed E-state index contributed by atoms with van der Waals surface area (Å²) in [4.78, 5) is 38.6. The molecule has 0 bridgehead atoms. The number of nitrogens with one attached hydrogen (secondary N) is 1. The first-order chi connectivity index (χ1) is 20.5. The number of benzene rings is 4. The van der Waals surface area contributed by atoms with Crippen molar-refractivity contribution in [1.82, 2.24) is 4.90 Å². The molecule has 0 unspecified atom stereocenters. The van der Waals surface area contributed by atoms with Crippen LogP contribution in [0.3, 0.4) is 0 Å². The van der Waals surface area contributed by atoms with Crippen LogP contribution in [0.4, 0.5) is 10.5 Å². The summed E-state index contributed by atoms with van der Waals surface area (Å²) >= 11 is 4.20. The summed E-state index contributed by atoms with van der Waals surface area (Å²) < 4.78 is 37.5. The van der Waals surface area contributed by atoms with Gasteiger partial charge >= 0.3 is 10.1 Å². The van der Waals surface area contributed by atoms with Crippen molar-refractivity contribution >= 4 is 77.4 Å². The zero-order chi connectivity index (χ0) is 30.7. The maximum Gasteiger partial charge on any atom is 0.339 e. The second kappa shape index (κ2) is 12.6. The zero-order valence-electron chi connectivity index (χ0n) is 23.0. The van der Waals surface area contributed by atoms with E-state index in [1.807, 2.05) is 42.5 Å². The van der Waals surface area contributed by atoms with Crippen molar-refractivity contribution in [3.63, 3.8) is 0 Å². The van der Waals surface area contributed by atoms with E-state index >= 15 is 0 Å². The molecule has 4 aromatic carbocycles. The number of carbonyl (C=O) groups excluding carboxylic acids is 3. The molecule has 5 rings (SSSR count).